The molecule has 6 nitrogen and oxygen atoms in total. The third-order valence-electron chi connectivity index (χ3n) is 4.21. The molecule has 0 aliphatic carbocycles. The van der Waals surface area contributed by atoms with E-state index in [0.717, 1.165) is 11.4 Å². The summed E-state index contributed by atoms with van der Waals surface area (Å²) in [6.07, 6.45) is 7.73. The van der Waals surface area contributed by atoms with Crippen molar-refractivity contribution in [2.45, 2.75) is 0 Å². The highest BCUT2D eigenvalue weighted by atomic mass is 16.5. The Hall–Kier alpha value is -4.06. The van der Waals surface area contributed by atoms with Crippen LogP contribution in [0.4, 0.5) is 0 Å². The smallest absolute Gasteiger partial charge is 0.337 e. The predicted octanol–water partition coefficient (Wildman–Crippen LogP) is 4.44. The Kier molecular flexibility index (Phi) is 6.27. The molecular weight excluding hydrogens is 368 g/mol. The molecule has 6 heteroatoms. The predicted molar refractivity (Wildman–Crippen MR) is 110 cm³/mol. The Balaban J connectivity index is 0.000000166. The summed E-state index contributed by atoms with van der Waals surface area (Å²) in [5, 5.41) is 8.70. The number of benzene rings is 2. The van der Waals surface area contributed by atoms with Gasteiger partial charge in [-0.1, -0.05) is 0 Å². The standard InChI is InChI=1S/C12H11NO2.C11H9NO2/c1-15-12(14)10-4-6-11(7-5-10)13-8-2-3-9-13;13-11(14)9-3-5-10(6-4-9)12-7-1-2-8-12/h2-9H,1H3;1-8H,(H,13,14). The lowest BCUT2D eigenvalue weighted by Crippen LogP contribution is -2.01. The van der Waals surface area contributed by atoms with Gasteiger partial charge in [0.15, 0.2) is 0 Å². The SMILES string of the molecule is COC(=O)c1ccc(-n2cccc2)cc1.O=C(O)c1ccc(-n2cccc2)cc1. The molecule has 0 atom stereocenters. The van der Waals surface area contributed by atoms with E-state index in [4.69, 9.17) is 5.11 Å². The van der Waals surface area contributed by atoms with E-state index in [9.17, 15) is 9.59 Å². The van der Waals surface area contributed by atoms with Gasteiger partial charge < -0.3 is 19.0 Å². The first-order valence-corrected chi connectivity index (χ1v) is 8.87. The number of hydrogen-bond donors (Lipinski definition) is 1. The molecule has 146 valence electrons. The number of ether oxygens (including phenoxy) is 1. The van der Waals surface area contributed by atoms with E-state index in [2.05, 4.69) is 4.74 Å². The number of carboxylic acids is 1. The number of methoxy groups -OCH3 is 1. The van der Waals surface area contributed by atoms with Crippen molar-refractivity contribution >= 4 is 11.9 Å². The van der Waals surface area contributed by atoms with E-state index >= 15 is 0 Å². The molecule has 0 aliphatic rings. The third-order valence-corrected chi connectivity index (χ3v) is 4.21. The number of rotatable bonds is 4. The first-order chi connectivity index (χ1) is 14.1. The second kappa shape index (κ2) is 9.23. The summed E-state index contributed by atoms with van der Waals surface area (Å²) >= 11 is 0. The van der Waals surface area contributed by atoms with Crippen LogP contribution in [0.5, 0.6) is 0 Å². The van der Waals surface area contributed by atoms with Crippen LogP contribution in [0, 0.1) is 0 Å². The van der Waals surface area contributed by atoms with Crippen LogP contribution in [0.25, 0.3) is 11.4 Å². The lowest BCUT2D eigenvalue weighted by atomic mass is 10.2. The molecule has 0 amide bonds. The normalized spacial score (nSPS) is 9.97. The van der Waals surface area contributed by atoms with E-state index in [1.165, 1.54) is 7.11 Å². The van der Waals surface area contributed by atoms with Gasteiger partial charge in [-0.2, -0.15) is 0 Å². The Morgan fingerprint density at radius 2 is 1.07 bits per heavy atom. The van der Waals surface area contributed by atoms with Crippen LogP contribution in [0.1, 0.15) is 20.7 Å². The third kappa shape index (κ3) is 5.01. The van der Waals surface area contributed by atoms with Crippen molar-refractivity contribution in [2.75, 3.05) is 7.11 Å². The van der Waals surface area contributed by atoms with Crippen LogP contribution in [0.3, 0.4) is 0 Å². The lowest BCUT2D eigenvalue weighted by Gasteiger charge is -2.03. The second-order valence-electron chi connectivity index (χ2n) is 6.07. The highest BCUT2D eigenvalue weighted by Crippen LogP contribution is 2.11. The largest absolute Gasteiger partial charge is 0.478 e. The Labute approximate surface area is 168 Å². The van der Waals surface area contributed by atoms with Crippen LogP contribution in [-0.2, 0) is 4.74 Å². The van der Waals surface area contributed by atoms with Crippen molar-refractivity contribution in [1.82, 2.24) is 9.13 Å². The van der Waals surface area contributed by atoms with Gasteiger partial charge >= 0.3 is 11.9 Å². The van der Waals surface area contributed by atoms with Crippen molar-refractivity contribution in [1.29, 1.82) is 0 Å². The van der Waals surface area contributed by atoms with Gasteiger partial charge in [-0.3, -0.25) is 0 Å². The average Bonchev–Trinajstić information content (AvgIpc) is 3.48. The number of carbonyl (C=O) groups excluding carboxylic acids is 1. The Morgan fingerprint density at radius 3 is 1.41 bits per heavy atom. The minimum absolute atomic E-state index is 0.306. The topological polar surface area (TPSA) is 73.5 Å². The lowest BCUT2D eigenvalue weighted by molar-refractivity contribution is 0.0600. The van der Waals surface area contributed by atoms with E-state index in [-0.39, 0.29) is 5.97 Å². The maximum Gasteiger partial charge on any atom is 0.337 e. The minimum Gasteiger partial charge on any atom is -0.478 e. The molecule has 0 saturated carbocycles. The highest BCUT2D eigenvalue weighted by molar-refractivity contribution is 5.89. The zero-order chi connectivity index (χ0) is 20.6. The summed E-state index contributed by atoms with van der Waals surface area (Å²) in [7, 11) is 1.38. The van der Waals surface area contributed by atoms with E-state index in [0.29, 0.717) is 11.1 Å². The maximum atomic E-state index is 11.2. The van der Waals surface area contributed by atoms with Crippen molar-refractivity contribution in [3.63, 3.8) is 0 Å². The zero-order valence-corrected chi connectivity index (χ0v) is 15.8. The number of esters is 1. The molecule has 0 bridgehead atoms. The Morgan fingerprint density at radius 1 is 0.690 bits per heavy atom. The van der Waals surface area contributed by atoms with Gasteiger partial charge in [-0.05, 0) is 72.8 Å². The molecule has 29 heavy (non-hydrogen) atoms. The van der Waals surface area contributed by atoms with Crippen LogP contribution in [0.2, 0.25) is 0 Å². The second-order valence-corrected chi connectivity index (χ2v) is 6.07. The van der Waals surface area contributed by atoms with E-state index < -0.39 is 5.97 Å². The molecule has 0 radical (unpaired) electrons. The van der Waals surface area contributed by atoms with Gasteiger partial charge in [0.2, 0.25) is 0 Å². The quantitative estimate of drug-likeness (QED) is 0.525. The molecule has 2 aromatic carbocycles. The molecular formula is C23H20N2O4. The number of hydrogen-bond acceptors (Lipinski definition) is 3. The van der Waals surface area contributed by atoms with Crippen molar-refractivity contribution in [3.05, 3.63) is 109 Å². The molecule has 2 heterocycles. The molecule has 0 spiro atoms. The Bertz CT molecular complexity index is 1050. The van der Waals surface area contributed by atoms with Crippen LogP contribution in [0.15, 0.2) is 97.6 Å². The summed E-state index contributed by atoms with van der Waals surface area (Å²) in [6, 6.07) is 21.8. The summed E-state index contributed by atoms with van der Waals surface area (Å²) in [4.78, 5) is 21.8. The number of nitrogens with zero attached hydrogens (tertiary/aromatic N) is 2. The molecule has 4 rings (SSSR count). The van der Waals surface area contributed by atoms with Crippen molar-refractivity contribution in [3.8, 4) is 11.4 Å². The molecule has 2 aromatic heterocycles. The van der Waals surface area contributed by atoms with Gasteiger partial charge in [-0.25, -0.2) is 9.59 Å². The molecule has 0 fully saturated rings. The molecule has 0 saturated heterocycles. The fourth-order valence-electron chi connectivity index (χ4n) is 2.68. The zero-order valence-electron chi connectivity index (χ0n) is 15.8. The summed E-state index contributed by atoms with van der Waals surface area (Å²) < 4.78 is 8.52. The van der Waals surface area contributed by atoms with Gasteiger partial charge in [0.1, 0.15) is 0 Å². The monoisotopic (exact) mass is 388 g/mol. The number of aromatic carboxylic acids is 1. The summed E-state index contributed by atoms with van der Waals surface area (Å²) in [6.45, 7) is 0. The maximum absolute atomic E-state index is 11.2. The minimum atomic E-state index is -0.899. The van der Waals surface area contributed by atoms with E-state index in [1.54, 1.807) is 36.4 Å². The highest BCUT2D eigenvalue weighted by Gasteiger charge is 2.04. The van der Waals surface area contributed by atoms with Gasteiger partial charge in [-0.15, -0.1) is 0 Å². The molecule has 4 aromatic rings. The van der Waals surface area contributed by atoms with Crippen LogP contribution >= 0.6 is 0 Å². The van der Waals surface area contributed by atoms with Gasteiger partial charge in [0.05, 0.1) is 18.2 Å². The first-order valence-electron chi connectivity index (χ1n) is 8.87. The van der Waals surface area contributed by atoms with Gasteiger partial charge in [0, 0.05) is 36.2 Å². The van der Waals surface area contributed by atoms with Gasteiger partial charge in [0.25, 0.3) is 0 Å². The number of aromatic nitrogens is 2. The molecule has 1 N–H and O–H groups in total. The molecule has 0 aliphatic heterocycles. The average molecular weight is 388 g/mol. The number of carboxylic acid groups (broad SMARTS) is 1. The van der Waals surface area contributed by atoms with E-state index in [1.807, 2.05) is 70.3 Å². The van der Waals surface area contributed by atoms with Crippen molar-refractivity contribution < 1.29 is 19.4 Å². The fraction of sp³-hybridized carbons (Fsp3) is 0.0435. The number of carbonyl (C=O) groups is 2. The first kappa shape index (κ1) is 19.7. The summed E-state index contributed by atoms with van der Waals surface area (Å²) in [5.41, 5.74) is 2.85. The van der Waals surface area contributed by atoms with Crippen LogP contribution in [-0.4, -0.2) is 33.3 Å². The fourth-order valence-corrected chi connectivity index (χ4v) is 2.68. The van der Waals surface area contributed by atoms with Crippen LogP contribution < -0.4 is 0 Å². The summed E-state index contributed by atoms with van der Waals surface area (Å²) in [5.74, 6) is -1.21. The molecule has 0 unspecified atom stereocenters. The van der Waals surface area contributed by atoms with Crippen molar-refractivity contribution in [2.24, 2.45) is 0 Å².